The number of rotatable bonds is 6. The highest BCUT2D eigenvalue weighted by atomic mass is 35.5. The molecule has 11 heteroatoms. The van der Waals surface area contributed by atoms with Gasteiger partial charge in [0, 0.05) is 22.4 Å². The molecule has 3 heterocycles. The average molecular weight is 556 g/mol. The summed E-state index contributed by atoms with van der Waals surface area (Å²) in [6, 6.07) is 14.6. The number of nitrogens with zero attached hydrogens (tertiary/aromatic N) is 2. The number of amides is 1. The number of aromatic nitrogens is 1. The van der Waals surface area contributed by atoms with Crippen LogP contribution in [0.3, 0.4) is 0 Å². The van der Waals surface area contributed by atoms with Crippen molar-refractivity contribution in [2.24, 2.45) is 5.10 Å². The van der Waals surface area contributed by atoms with Crippen LogP contribution >= 0.6 is 22.9 Å². The number of hydrogen-bond acceptors (Lipinski definition) is 5. The zero-order valence-electron chi connectivity index (χ0n) is 19.9. The molecule has 2 N–H and O–H groups in total. The molecular weight excluding hydrogens is 536 g/mol. The molecule has 38 heavy (non-hydrogen) atoms. The SMILES string of the molecule is Cc1ccc(C2CC(c3c(-c4ccc(Cl)cc4)c4ccsc4[nH]c3=O)=NN2C(=O)C(F)(F)CC(=O)O)cc1. The van der Waals surface area contributed by atoms with E-state index in [4.69, 9.17) is 16.7 Å². The Labute approximate surface area is 224 Å². The van der Waals surface area contributed by atoms with Crippen molar-refractivity contribution < 1.29 is 23.5 Å². The molecule has 1 aliphatic rings. The van der Waals surface area contributed by atoms with Crippen molar-refractivity contribution in [1.29, 1.82) is 0 Å². The molecule has 0 aliphatic carbocycles. The lowest BCUT2D eigenvalue weighted by molar-refractivity contribution is -0.167. The molecule has 2 aromatic carbocycles. The lowest BCUT2D eigenvalue weighted by atomic mass is 9.92. The Morgan fingerprint density at radius 2 is 1.82 bits per heavy atom. The number of thiophene rings is 1. The van der Waals surface area contributed by atoms with Crippen molar-refractivity contribution in [3.8, 4) is 11.1 Å². The maximum atomic E-state index is 14.7. The van der Waals surface area contributed by atoms with Crippen LogP contribution in [0.5, 0.6) is 0 Å². The predicted molar refractivity (Wildman–Crippen MR) is 142 cm³/mol. The van der Waals surface area contributed by atoms with E-state index in [-0.39, 0.29) is 17.7 Å². The highest BCUT2D eigenvalue weighted by Gasteiger charge is 2.49. The Kier molecular flexibility index (Phi) is 6.62. The van der Waals surface area contributed by atoms with Gasteiger partial charge in [-0.2, -0.15) is 13.9 Å². The average Bonchev–Trinajstić information content (AvgIpc) is 3.50. The number of pyridine rings is 1. The second kappa shape index (κ2) is 9.77. The molecule has 194 valence electrons. The first kappa shape index (κ1) is 25.7. The lowest BCUT2D eigenvalue weighted by Crippen LogP contribution is -2.42. The van der Waals surface area contributed by atoms with Crippen LogP contribution in [0.4, 0.5) is 8.78 Å². The van der Waals surface area contributed by atoms with Crippen LogP contribution in [0.2, 0.25) is 5.02 Å². The third kappa shape index (κ3) is 4.72. The highest BCUT2D eigenvalue weighted by Crippen LogP contribution is 2.39. The van der Waals surface area contributed by atoms with E-state index in [0.717, 1.165) is 10.9 Å². The van der Waals surface area contributed by atoms with Gasteiger partial charge in [-0.05, 0) is 41.6 Å². The summed E-state index contributed by atoms with van der Waals surface area (Å²) in [7, 11) is 0. The maximum Gasteiger partial charge on any atom is 0.337 e. The third-order valence-corrected chi connectivity index (χ3v) is 7.41. The Balaban J connectivity index is 1.70. The van der Waals surface area contributed by atoms with E-state index < -0.39 is 35.8 Å². The Hall–Kier alpha value is -3.89. The molecule has 0 radical (unpaired) electrons. The fourth-order valence-electron chi connectivity index (χ4n) is 4.54. The van der Waals surface area contributed by atoms with E-state index in [2.05, 4.69) is 10.1 Å². The number of aliphatic carboxylic acids is 1. The number of hydrogen-bond donors (Lipinski definition) is 2. The van der Waals surface area contributed by atoms with Crippen LogP contribution in [-0.4, -0.2) is 38.6 Å². The van der Waals surface area contributed by atoms with Crippen molar-refractivity contribution in [3.63, 3.8) is 0 Å². The van der Waals surface area contributed by atoms with Gasteiger partial charge in [-0.3, -0.25) is 14.4 Å². The second-order valence-corrected chi connectivity index (χ2v) is 10.3. The minimum atomic E-state index is -4.20. The number of carbonyl (C=O) groups is 2. The van der Waals surface area contributed by atoms with Gasteiger partial charge < -0.3 is 10.1 Å². The first-order chi connectivity index (χ1) is 18.0. The number of nitrogens with one attached hydrogen (secondary N) is 1. The minimum absolute atomic E-state index is 0.0305. The van der Waals surface area contributed by atoms with E-state index in [9.17, 15) is 23.2 Å². The first-order valence-corrected chi connectivity index (χ1v) is 12.8. The Morgan fingerprint density at radius 1 is 1.13 bits per heavy atom. The summed E-state index contributed by atoms with van der Waals surface area (Å²) in [6.07, 6.45) is -1.71. The molecular formula is C27H20ClF2N3O4S. The first-order valence-electron chi connectivity index (χ1n) is 11.5. The number of fused-ring (bicyclic) bond motifs is 1. The van der Waals surface area contributed by atoms with Gasteiger partial charge in [0.2, 0.25) is 0 Å². The fourth-order valence-corrected chi connectivity index (χ4v) is 5.45. The van der Waals surface area contributed by atoms with Crippen LogP contribution in [0.1, 0.15) is 35.6 Å². The number of carboxylic acid groups (broad SMARTS) is 1. The second-order valence-electron chi connectivity index (χ2n) is 8.98. The lowest BCUT2D eigenvalue weighted by Gasteiger charge is -2.25. The number of benzene rings is 2. The molecule has 4 aromatic rings. The quantitative estimate of drug-likeness (QED) is 0.304. The minimum Gasteiger partial charge on any atom is -0.481 e. The number of carbonyl (C=O) groups excluding carboxylic acids is 1. The van der Waals surface area contributed by atoms with Gasteiger partial charge in [0.1, 0.15) is 11.3 Å². The molecule has 1 amide bonds. The number of alkyl halides is 2. The molecule has 1 aliphatic heterocycles. The summed E-state index contributed by atoms with van der Waals surface area (Å²) in [5, 5.41) is 16.9. The number of aromatic amines is 1. The molecule has 5 rings (SSSR count). The Morgan fingerprint density at radius 3 is 2.47 bits per heavy atom. The van der Waals surface area contributed by atoms with Crippen molar-refractivity contribution in [2.45, 2.75) is 31.7 Å². The van der Waals surface area contributed by atoms with Crippen LogP contribution in [0.15, 0.2) is 69.9 Å². The van der Waals surface area contributed by atoms with Crippen LogP contribution in [-0.2, 0) is 9.59 Å². The normalized spacial score (nSPS) is 15.6. The van der Waals surface area contributed by atoms with E-state index in [0.29, 0.717) is 31.6 Å². The number of H-pyrrole nitrogens is 1. The molecule has 0 spiro atoms. The molecule has 0 saturated carbocycles. The number of halogens is 3. The van der Waals surface area contributed by atoms with Gasteiger partial charge in [0.15, 0.2) is 0 Å². The maximum absolute atomic E-state index is 14.7. The smallest absolute Gasteiger partial charge is 0.337 e. The summed E-state index contributed by atoms with van der Waals surface area (Å²) >= 11 is 7.42. The van der Waals surface area contributed by atoms with Gasteiger partial charge >= 0.3 is 17.8 Å². The summed E-state index contributed by atoms with van der Waals surface area (Å²) < 4.78 is 29.4. The van der Waals surface area contributed by atoms with E-state index in [1.54, 1.807) is 48.5 Å². The zero-order chi connectivity index (χ0) is 27.2. The molecule has 0 saturated heterocycles. The van der Waals surface area contributed by atoms with Gasteiger partial charge in [-0.25, -0.2) is 5.01 Å². The van der Waals surface area contributed by atoms with Crippen molar-refractivity contribution in [2.75, 3.05) is 0 Å². The molecule has 1 atom stereocenters. The predicted octanol–water partition coefficient (Wildman–Crippen LogP) is 6.01. The number of aryl methyl sites for hydroxylation is 1. The van der Waals surface area contributed by atoms with Crippen molar-refractivity contribution in [3.05, 3.63) is 92.0 Å². The third-order valence-electron chi connectivity index (χ3n) is 6.33. The summed E-state index contributed by atoms with van der Waals surface area (Å²) in [4.78, 5) is 40.9. The summed E-state index contributed by atoms with van der Waals surface area (Å²) in [5.74, 6) is -7.76. The van der Waals surface area contributed by atoms with Gasteiger partial charge in [0.25, 0.3) is 5.56 Å². The number of hydrazone groups is 1. The zero-order valence-corrected chi connectivity index (χ0v) is 21.4. The van der Waals surface area contributed by atoms with Crippen molar-refractivity contribution >= 4 is 50.7 Å². The molecule has 2 aromatic heterocycles. The Bertz CT molecular complexity index is 1650. The standard InChI is InChI=1S/C27H20ClF2N3O4S/c1-14-2-4-15(5-3-14)20-12-19(32-33(20)26(37)27(29,30)13-21(34)35)23-22(16-6-8-17(28)9-7-16)18-10-11-38-25(18)31-24(23)36/h2-11,20H,12-13H2,1H3,(H,31,36)(H,34,35). The molecule has 0 bridgehead atoms. The molecule has 1 unspecified atom stereocenters. The van der Waals surface area contributed by atoms with Crippen LogP contribution < -0.4 is 5.56 Å². The van der Waals surface area contributed by atoms with Gasteiger partial charge in [-0.15, -0.1) is 11.3 Å². The highest BCUT2D eigenvalue weighted by molar-refractivity contribution is 7.16. The fraction of sp³-hybridized carbons (Fsp3) is 0.185. The van der Waals surface area contributed by atoms with Gasteiger partial charge in [0.05, 0.1) is 17.3 Å². The molecule has 7 nitrogen and oxygen atoms in total. The van der Waals surface area contributed by atoms with Crippen LogP contribution in [0.25, 0.3) is 21.3 Å². The monoisotopic (exact) mass is 555 g/mol. The topological polar surface area (TPSA) is 103 Å². The van der Waals surface area contributed by atoms with Crippen LogP contribution in [0, 0.1) is 6.92 Å². The van der Waals surface area contributed by atoms with E-state index >= 15 is 0 Å². The molecule has 0 fully saturated rings. The summed E-state index contributed by atoms with van der Waals surface area (Å²) in [6.45, 7) is 1.86. The largest absolute Gasteiger partial charge is 0.481 e. The van der Waals surface area contributed by atoms with E-state index in [1.807, 2.05) is 18.4 Å². The number of carboxylic acids is 1. The van der Waals surface area contributed by atoms with Crippen molar-refractivity contribution in [1.82, 2.24) is 9.99 Å². The summed E-state index contributed by atoms with van der Waals surface area (Å²) in [5.41, 5.74) is 2.44. The van der Waals surface area contributed by atoms with Gasteiger partial charge in [-0.1, -0.05) is 53.6 Å². The van der Waals surface area contributed by atoms with E-state index in [1.165, 1.54) is 11.3 Å².